The van der Waals surface area contributed by atoms with E-state index < -0.39 is 10.0 Å². The number of hydrogen-bond donors (Lipinski definition) is 2. The fourth-order valence-electron chi connectivity index (χ4n) is 5.26. The molecule has 3 aromatic carbocycles. The third-order valence-electron chi connectivity index (χ3n) is 7.16. The normalized spacial score (nSPS) is 18.4. The van der Waals surface area contributed by atoms with Gasteiger partial charge in [0.05, 0.1) is 4.90 Å². The molecule has 9 heteroatoms. The van der Waals surface area contributed by atoms with E-state index in [-0.39, 0.29) is 41.9 Å². The zero-order valence-electron chi connectivity index (χ0n) is 19.7. The molecule has 2 N–H and O–H groups in total. The summed E-state index contributed by atoms with van der Waals surface area (Å²) >= 11 is 12.1. The highest BCUT2D eigenvalue weighted by atomic mass is 35.5. The first-order chi connectivity index (χ1) is 16.9. The van der Waals surface area contributed by atoms with E-state index in [1.165, 1.54) is 35.2 Å². The molecule has 1 saturated carbocycles. The van der Waals surface area contributed by atoms with Crippen LogP contribution in [0, 0.1) is 0 Å². The fourth-order valence-corrected chi connectivity index (χ4v) is 6.70. The lowest BCUT2D eigenvalue weighted by Crippen LogP contribution is -2.49. The van der Waals surface area contributed by atoms with Crippen molar-refractivity contribution < 1.29 is 13.2 Å². The number of hydrogen-bond acceptors (Lipinski definition) is 4. The Labute approximate surface area is 229 Å². The number of rotatable bonds is 8. The largest absolute Gasteiger partial charge is 0.492 e. The predicted molar refractivity (Wildman–Crippen MR) is 147 cm³/mol. The second kappa shape index (κ2) is 11.3. The van der Waals surface area contributed by atoms with E-state index in [0.29, 0.717) is 5.02 Å². The van der Waals surface area contributed by atoms with Gasteiger partial charge >= 0.3 is 0 Å². The van der Waals surface area contributed by atoms with Gasteiger partial charge in [0.15, 0.2) is 0 Å². The lowest BCUT2D eigenvalue weighted by molar-refractivity contribution is 0.164. The minimum atomic E-state index is -3.64. The van der Waals surface area contributed by atoms with E-state index in [9.17, 15) is 8.42 Å². The van der Waals surface area contributed by atoms with Crippen molar-refractivity contribution in [2.24, 2.45) is 0 Å². The number of nitrogens with one attached hydrogen (secondary N) is 2. The van der Waals surface area contributed by atoms with Gasteiger partial charge in [-0.15, -0.1) is 12.4 Å². The summed E-state index contributed by atoms with van der Waals surface area (Å²) in [5, 5.41) is 4.91. The van der Waals surface area contributed by atoms with Crippen LogP contribution < -0.4 is 14.8 Å². The molecule has 36 heavy (non-hydrogen) atoms. The molecule has 3 aromatic rings. The van der Waals surface area contributed by atoms with Gasteiger partial charge < -0.3 is 10.1 Å². The van der Waals surface area contributed by atoms with Gasteiger partial charge in [-0.25, -0.2) is 13.1 Å². The van der Waals surface area contributed by atoms with Crippen molar-refractivity contribution in [1.29, 1.82) is 0 Å². The molecule has 1 aliphatic heterocycles. The van der Waals surface area contributed by atoms with Crippen LogP contribution in [0.5, 0.6) is 5.75 Å². The molecule has 0 spiro atoms. The molecule has 5 nitrogen and oxygen atoms in total. The van der Waals surface area contributed by atoms with Crippen LogP contribution in [0.2, 0.25) is 10.0 Å². The summed E-state index contributed by atoms with van der Waals surface area (Å²) in [5.41, 5.74) is 3.97. The van der Waals surface area contributed by atoms with Gasteiger partial charge in [0.25, 0.3) is 0 Å². The number of fused-ring (bicyclic) bond motifs is 1. The van der Waals surface area contributed by atoms with Crippen molar-refractivity contribution in [2.45, 2.75) is 42.0 Å². The Hall–Kier alpha value is -1.80. The van der Waals surface area contributed by atoms with Gasteiger partial charge in [-0.05, 0) is 85.0 Å². The minimum absolute atomic E-state index is 0. The Morgan fingerprint density at radius 3 is 2.47 bits per heavy atom. The Kier molecular flexibility index (Phi) is 8.55. The van der Waals surface area contributed by atoms with E-state index in [1.54, 1.807) is 12.1 Å². The summed E-state index contributed by atoms with van der Waals surface area (Å²) in [6.07, 6.45) is 4.44. The van der Waals surface area contributed by atoms with E-state index in [2.05, 4.69) is 34.3 Å². The van der Waals surface area contributed by atoms with Crippen molar-refractivity contribution in [2.75, 3.05) is 19.7 Å². The van der Waals surface area contributed by atoms with Crippen LogP contribution in [-0.4, -0.2) is 28.1 Å². The summed E-state index contributed by atoms with van der Waals surface area (Å²) < 4.78 is 33.5. The molecule has 0 saturated heterocycles. The van der Waals surface area contributed by atoms with Crippen molar-refractivity contribution in [3.8, 4) is 5.75 Å². The van der Waals surface area contributed by atoms with Crippen LogP contribution in [0.4, 0.5) is 0 Å². The zero-order chi connectivity index (χ0) is 24.5. The highest BCUT2D eigenvalue weighted by Crippen LogP contribution is 2.53. The second-order valence-electron chi connectivity index (χ2n) is 9.22. The molecule has 1 fully saturated rings. The van der Waals surface area contributed by atoms with Gasteiger partial charge in [0.2, 0.25) is 10.0 Å². The number of benzene rings is 3. The highest BCUT2D eigenvalue weighted by Gasteiger charge is 2.47. The summed E-state index contributed by atoms with van der Waals surface area (Å²) in [6, 6.07) is 20.9. The van der Waals surface area contributed by atoms with Crippen molar-refractivity contribution in [1.82, 2.24) is 10.0 Å². The van der Waals surface area contributed by atoms with Gasteiger partial charge in [-0.1, -0.05) is 53.9 Å². The maximum Gasteiger partial charge on any atom is 0.240 e. The topological polar surface area (TPSA) is 67.4 Å². The molecule has 1 aliphatic carbocycles. The van der Waals surface area contributed by atoms with Gasteiger partial charge in [-0.2, -0.15) is 0 Å². The smallest absolute Gasteiger partial charge is 0.240 e. The van der Waals surface area contributed by atoms with E-state index in [1.807, 2.05) is 18.2 Å². The molecule has 1 atom stereocenters. The summed E-state index contributed by atoms with van der Waals surface area (Å²) in [5.74, 6) is 0.741. The number of sulfonamides is 1. The first kappa shape index (κ1) is 27.2. The molecule has 5 rings (SSSR count). The first-order valence-electron chi connectivity index (χ1n) is 11.9. The second-order valence-corrected chi connectivity index (χ2v) is 11.9. The van der Waals surface area contributed by atoms with Gasteiger partial charge in [0, 0.05) is 28.0 Å². The van der Waals surface area contributed by atoms with Crippen LogP contribution in [0.1, 0.15) is 42.0 Å². The highest BCUT2D eigenvalue weighted by molar-refractivity contribution is 7.89. The summed E-state index contributed by atoms with van der Waals surface area (Å²) in [4.78, 5) is 0.140. The molecule has 0 aromatic heterocycles. The van der Waals surface area contributed by atoms with Crippen LogP contribution in [-0.2, 0) is 21.9 Å². The average Bonchev–Trinajstić information content (AvgIpc) is 2.82. The minimum Gasteiger partial charge on any atom is -0.492 e. The van der Waals surface area contributed by atoms with Crippen LogP contribution in [0.3, 0.4) is 0 Å². The zero-order valence-corrected chi connectivity index (χ0v) is 22.8. The lowest BCUT2D eigenvalue weighted by atomic mass is 9.58. The maximum absolute atomic E-state index is 12.5. The summed E-state index contributed by atoms with van der Waals surface area (Å²) in [6.45, 7) is 1.32. The average molecular weight is 568 g/mol. The Morgan fingerprint density at radius 2 is 1.78 bits per heavy atom. The number of ether oxygens (including phenoxy) is 1. The number of halogens is 3. The molecule has 0 bridgehead atoms. The third kappa shape index (κ3) is 5.54. The van der Waals surface area contributed by atoms with Crippen molar-refractivity contribution in [3.05, 3.63) is 93.5 Å². The van der Waals surface area contributed by atoms with Crippen LogP contribution in [0.15, 0.2) is 71.6 Å². The Bertz CT molecular complexity index is 1310. The van der Waals surface area contributed by atoms with Gasteiger partial charge in [0.1, 0.15) is 12.4 Å². The fraction of sp³-hybridized carbons (Fsp3) is 0.333. The standard InChI is InChI=1S/C27H28Cl2N2O3S.ClH/c28-21-8-6-20(7-9-21)27(12-2-13-27)26-25-18-23(10-5-19(25)11-14-30-26)34-16-15-31-35(32,33)24-4-1-3-22(29)17-24;/h1,3-10,17-18,26,30-31H,2,11-16H2;1H. The Balaban J connectivity index is 0.00000304. The molecule has 0 amide bonds. The monoisotopic (exact) mass is 566 g/mol. The van der Waals surface area contributed by atoms with Gasteiger partial charge in [-0.3, -0.25) is 0 Å². The van der Waals surface area contributed by atoms with E-state index in [4.69, 9.17) is 27.9 Å². The van der Waals surface area contributed by atoms with E-state index >= 15 is 0 Å². The molecule has 1 unspecified atom stereocenters. The van der Waals surface area contributed by atoms with Crippen LogP contribution in [0.25, 0.3) is 0 Å². The molecular formula is C27H29Cl3N2O3S. The first-order valence-corrected chi connectivity index (χ1v) is 14.1. The molecular weight excluding hydrogens is 539 g/mol. The quantitative estimate of drug-likeness (QED) is 0.324. The van der Waals surface area contributed by atoms with Crippen molar-refractivity contribution >= 4 is 45.6 Å². The molecule has 2 aliphatic rings. The molecule has 0 radical (unpaired) electrons. The Morgan fingerprint density at radius 1 is 1.00 bits per heavy atom. The SMILES string of the molecule is Cl.O=S(=O)(NCCOc1ccc2c(c1)C(C1(c3ccc(Cl)cc3)CCC1)NCC2)c1cccc(Cl)c1. The third-order valence-corrected chi connectivity index (χ3v) is 9.10. The molecule has 1 heterocycles. The maximum atomic E-state index is 12.5. The molecule has 192 valence electrons. The van der Waals surface area contributed by atoms with Crippen LogP contribution >= 0.6 is 35.6 Å². The van der Waals surface area contributed by atoms with E-state index in [0.717, 1.165) is 36.6 Å². The summed E-state index contributed by atoms with van der Waals surface area (Å²) in [7, 11) is -3.64. The van der Waals surface area contributed by atoms with Crippen molar-refractivity contribution in [3.63, 3.8) is 0 Å². The lowest BCUT2D eigenvalue weighted by Gasteiger charge is -2.50. The predicted octanol–water partition coefficient (Wildman–Crippen LogP) is 6.08.